The SMILES string of the molecule is CCCCCc1ccc(C2CCC(CCl)CC2)nn1. The number of alkyl halides is 1. The quantitative estimate of drug-likeness (QED) is 0.556. The fourth-order valence-electron chi connectivity index (χ4n) is 2.89. The Kier molecular flexibility index (Phi) is 6.09. The van der Waals surface area contributed by atoms with E-state index in [0.717, 1.165) is 23.9 Å². The van der Waals surface area contributed by atoms with Gasteiger partial charge in [-0.2, -0.15) is 10.2 Å². The third-order valence-corrected chi connectivity index (χ3v) is 4.70. The summed E-state index contributed by atoms with van der Waals surface area (Å²) in [6.07, 6.45) is 9.78. The van der Waals surface area contributed by atoms with Crippen molar-refractivity contribution in [1.82, 2.24) is 10.2 Å². The highest BCUT2D eigenvalue weighted by molar-refractivity contribution is 6.18. The second-order valence-corrected chi connectivity index (χ2v) is 6.09. The van der Waals surface area contributed by atoms with Crippen molar-refractivity contribution in [1.29, 1.82) is 0 Å². The van der Waals surface area contributed by atoms with Crippen LogP contribution in [-0.2, 0) is 6.42 Å². The van der Waals surface area contributed by atoms with Gasteiger partial charge in [-0.15, -0.1) is 11.6 Å². The summed E-state index contributed by atoms with van der Waals surface area (Å²) in [5.74, 6) is 2.14. The molecule has 2 rings (SSSR count). The van der Waals surface area contributed by atoms with Crippen LogP contribution in [0.4, 0.5) is 0 Å². The summed E-state index contributed by atoms with van der Waals surface area (Å²) in [5, 5.41) is 8.84. The van der Waals surface area contributed by atoms with E-state index in [2.05, 4.69) is 29.3 Å². The van der Waals surface area contributed by atoms with E-state index in [4.69, 9.17) is 11.6 Å². The van der Waals surface area contributed by atoms with E-state index >= 15 is 0 Å². The van der Waals surface area contributed by atoms with Crippen molar-refractivity contribution in [2.75, 3.05) is 5.88 Å². The lowest BCUT2D eigenvalue weighted by Crippen LogP contribution is -2.15. The zero-order valence-electron chi connectivity index (χ0n) is 11.9. The van der Waals surface area contributed by atoms with E-state index in [1.54, 1.807) is 0 Å². The molecule has 19 heavy (non-hydrogen) atoms. The molecule has 1 aliphatic carbocycles. The maximum absolute atomic E-state index is 5.93. The minimum atomic E-state index is 0.608. The number of nitrogens with zero attached hydrogens (tertiary/aromatic N) is 2. The lowest BCUT2D eigenvalue weighted by molar-refractivity contribution is 0.345. The van der Waals surface area contributed by atoms with Crippen molar-refractivity contribution in [3.63, 3.8) is 0 Å². The number of hydrogen-bond acceptors (Lipinski definition) is 2. The molecule has 0 aromatic carbocycles. The molecule has 1 aliphatic rings. The van der Waals surface area contributed by atoms with Crippen LogP contribution in [0.15, 0.2) is 12.1 Å². The number of unbranched alkanes of at least 4 members (excludes halogenated alkanes) is 2. The normalized spacial score (nSPS) is 23.5. The van der Waals surface area contributed by atoms with Gasteiger partial charge in [0.05, 0.1) is 11.4 Å². The summed E-state index contributed by atoms with van der Waals surface area (Å²) in [6, 6.07) is 4.37. The van der Waals surface area contributed by atoms with Gasteiger partial charge in [0, 0.05) is 11.8 Å². The Bertz CT molecular complexity index is 356. The maximum Gasteiger partial charge on any atom is 0.0662 e. The number of aryl methyl sites for hydroxylation is 1. The Balaban J connectivity index is 1.84. The van der Waals surface area contributed by atoms with Crippen molar-refractivity contribution in [2.45, 2.75) is 64.2 Å². The Morgan fingerprint density at radius 1 is 1.11 bits per heavy atom. The van der Waals surface area contributed by atoms with Crippen LogP contribution in [0.1, 0.15) is 69.2 Å². The predicted octanol–water partition coefficient (Wildman–Crippen LogP) is 4.72. The highest BCUT2D eigenvalue weighted by Gasteiger charge is 2.22. The summed E-state index contributed by atoms with van der Waals surface area (Å²) in [4.78, 5) is 0. The van der Waals surface area contributed by atoms with Gasteiger partial charge in [-0.3, -0.25) is 0 Å². The molecule has 0 radical (unpaired) electrons. The molecule has 1 fully saturated rings. The summed E-state index contributed by atoms with van der Waals surface area (Å²) in [5.41, 5.74) is 2.33. The lowest BCUT2D eigenvalue weighted by Gasteiger charge is -2.26. The molecule has 0 spiro atoms. The van der Waals surface area contributed by atoms with E-state index in [1.807, 2.05) is 0 Å². The molecular formula is C16H25ClN2. The monoisotopic (exact) mass is 280 g/mol. The summed E-state index contributed by atoms with van der Waals surface area (Å²) < 4.78 is 0. The molecule has 0 bridgehead atoms. The van der Waals surface area contributed by atoms with E-state index in [9.17, 15) is 0 Å². The van der Waals surface area contributed by atoms with Crippen LogP contribution in [-0.4, -0.2) is 16.1 Å². The fraction of sp³-hybridized carbons (Fsp3) is 0.750. The second-order valence-electron chi connectivity index (χ2n) is 5.78. The molecule has 0 saturated heterocycles. The summed E-state index contributed by atoms with van der Waals surface area (Å²) in [6.45, 7) is 2.23. The van der Waals surface area contributed by atoms with Crippen LogP contribution in [0.5, 0.6) is 0 Å². The summed E-state index contributed by atoms with van der Waals surface area (Å²) in [7, 11) is 0. The molecule has 0 N–H and O–H groups in total. The zero-order chi connectivity index (χ0) is 13.5. The van der Waals surface area contributed by atoms with Crippen LogP contribution in [0.3, 0.4) is 0 Å². The molecule has 1 aromatic heterocycles. The van der Waals surface area contributed by atoms with E-state index in [-0.39, 0.29) is 0 Å². The van der Waals surface area contributed by atoms with Crippen LogP contribution in [0.2, 0.25) is 0 Å². The van der Waals surface area contributed by atoms with Crippen molar-refractivity contribution in [3.05, 3.63) is 23.5 Å². The van der Waals surface area contributed by atoms with Gasteiger partial charge >= 0.3 is 0 Å². The molecule has 1 heterocycles. The van der Waals surface area contributed by atoms with E-state index < -0.39 is 0 Å². The topological polar surface area (TPSA) is 25.8 Å². The first-order chi connectivity index (χ1) is 9.33. The van der Waals surface area contributed by atoms with Gasteiger partial charge in [-0.1, -0.05) is 19.8 Å². The third-order valence-electron chi connectivity index (χ3n) is 4.26. The first-order valence-electron chi connectivity index (χ1n) is 7.72. The van der Waals surface area contributed by atoms with Crippen molar-refractivity contribution in [3.8, 4) is 0 Å². The second kappa shape index (κ2) is 7.84. The Morgan fingerprint density at radius 3 is 2.47 bits per heavy atom. The molecule has 0 atom stereocenters. The van der Waals surface area contributed by atoms with Gasteiger partial charge in [0.2, 0.25) is 0 Å². The Morgan fingerprint density at radius 2 is 1.89 bits per heavy atom. The van der Waals surface area contributed by atoms with Crippen molar-refractivity contribution in [2.24, 2.45) is 5.92 Å². The number of hydrogen-bond donors (Lipinski definition) is 0. The van der Waals surface area contributed by atoms with Crippen LogP contribution in [0.25, 0.3) is 0 Å². The van der Waals surface area contributed by atoms with Crippen LogP contribution >= 0.6 is 11.6 Å². The Hall–Kier alpha value is -0.630. The zero-order valence-corrected chi connectivity index (χ0v) is 12.7. The number of aromatic nitrogens is 2. The van der Waals surface area contributed by atoms with Gasteiger partial charge in [0.15, 0.2) is 0 Å². The number of halogens is 1. The molecular weight excluding hydrogens is 256 g/mol. The molecule has 106 valence electrons. The third kappa shape index (κ3) is 4.45. The average Bonchev–Trinajstić information content (AvgIpc) is 2.48. The molecule has 3 heteroatoms. The maximum atomic E-state index is 5.93. The molecule has 0 amide bonds. The first-order valence-corrected chi connectivity index (χ1v) is 8.25. The largest absolute Gasteiger partial charge is 0.155 e. The molecule has 1 aromatic rings. The van der Waals surface area contributed by atoms with Crippen LogP contribution in [0, 0.1) is 5.92 Å². The molecule has 2 nitrogen and oxygen atoms in total. The smallest absolute Gasteiger partial charge is 0.0662 e. The summed E-state index contributed by atoms with van der Waals surface area (Å²) >= 11 is 5.93. The van der Waals surface area contributed by atoms with Gasteiger partial charge in [0.25, 0.3) is 0 Å². The van der Waals surface area contributed by atoms with Crippen molar-refractivity contribution < 1.29 is 0 Å². The van der Waals surface area contributed by atoms with Crippen molar-refractivity contribution >= 4 is 11.6 Å². The lowest BCUT2D eigenvalue weighted by atomic mass is 9.81. The van der Waals surface area contributed by atoms with Crippen LogP contribution < -0.4 is 0 Å². The fourth-order valence-corrected chi connectivity index (χ4v) is 3.20. The molecule has 0 unspecified atom stereocenters. The minimum Gasteiger partial charge on any atom is -0.155 e. The highest BCUT2D eigenvalue weighted by atomic mass is 35.5. The minimum absolute atomic E-state index is 0.608. The number of rotatable bonds is 6. The molecule has 1 saturated carbocycles. The van der Waals surface area contributed by atoms with Gasteiger partial charge in [-0.25, -0.2) is 0 Å². The predicted molar refractivity (Wildman–Crippen MR) is 80.7 cm³/mol. The first kappa shape index (κ1) is 14.8. The Labute approximate surface area is 122 Å². The highest BCUT2D eigenvalue weighted by Crippen LogP contribution is 2.35. The van der Waals surface area contributed by atoms with E-state index in [0.29, 0.717) is 5.92 Å². The van der Waals surface area contributed by atoms with Gasteiger partial charge in [0.1, 0.15) is 0 Å². The average molecular weight is 281 g/mol. The standard InChI is InChI=1S/C16H25ClN2/c1-2-3-4-5-15-10-11-16(19-18-15)14-8-6-13(12-17)7-9-14/h10-11,13-14H,2-9,12H2,1H3. The van der Waals surface area contributed by atoms with Gasteiger partial charge < -0.3 is 0 Å². The molecule has 0 aliphatic heterocycles. The van der Waals surface area contributed by atoms with Gasteiger partial charge in [-0.05, 0) is 56.6 Å². The van der Waals surface area contributed by atoms with E-state index in [1.165, 1.54) is 50.6 Å².